The highest BCUT2D eigenvalue weighted by Crippen LogP contribution is 2.31. The van der Waals surface area contributed by atoms with Crippen LogP contribution < -0.4 is 15.2 Å². The van der Waals surface area contributed by atoms with Crippen LogP contribution in [0.3, 0.4) is 0 Å². The molecule has 0 bridgehead atoms. The van der Waals surface area contributed by atoms with Crippen molar-refractivity contribution in [2.75, 3.05) is 13.2 Å². The molecule has 4 nitrogen and oxygen atoms in total. The lowest BCUT2D eigenvalue weighted by Crippen LogP contribution is -2.41. The number of ether oxygens (including phenoxy) is 2. The summed E-state index contributed by atoms with van der Waals surface area (Å²) in [6.45, 7) is 2.84. The maximum absolute atomic E-state index is 9.23. The van der Waals surface area contributed by atoms with Gasteiger partial charge in [0.05, 0.1) is 13.2 Å². The molecule has 0 heterocycles. The normalized spacial score (nSPS) is 26.4. The quantitative estimate of drug-likeness (QED) is 0.826. The first-order chi connectivity index (χ1) is 9.15. The maximum Gasteiger partial charge on any atom is 0.119 e. The summed E-state index contributed by atoms with van der Waals surface area (Å²) in [7, 11) is 0. The molecule has 0 radical (unpaired) electrons. The topological polar surface area (TPSA) is 64.7 Å². The van der Waals surface area contributed by atoms with Crippen molar-refractivity contribution < 1.29 is 14.6 Å². The van der Waals surface area contributed by atoms with Gasteiger partial charge in [-0.15, -0.1) is 0 Å². The van der Waals surface area contributed by atoms with Crippen molar-refractivity contribution in [1.82, 2.24) is 0 Å². The van der Waals surface area contributed by atoms with Crippen LogP contribution in [0.15, 0.2) is 24.3 Å². The van der Waals surface area contributed by atoms with E-state index in [1.807, 2.05) is 24.3 Å². The fourth-order valence-electron chi connectivity index (χ4n) is 2.38. The number of hydrogen-bond acceptors (Lipinski definition) is 4. The second kappa shape index (κ2) is 6.26. The smallest absolute Gasteiger partial charge is 0.119 e. The Kier molecular flexibility index (Phi) is 4.66. The maximum atomic E-state index is 9.23. The molecule has 0 spiro atoms. The van der Waals surface area contributed by atoms with Crippen molar-refractivity contribution >= 4 is 0 Å². The summed E-state index contributed by atoms with van der Waals surface area (Å²) in [5.41, 5.74) is 5.57. The summed E-state index contributed by atoms with van der Waals surface area (Å²) in [6.07, 6.45) is 3.51. The van der Waals surface area contributed by atoms with Gasteiger partial charge >= 0.3 is 0 Å². The summed E-state index contributed by atoms with van der Waals surface area (Å²) in [5, 5.41) is 9.23. The Balaban J connectivity index is 1.86. The van der Waals surface area contributed by atoms with E-state index < -0.39 is 5.54 Å². The number of hydrogen-bond donors (Lipinski definition) is 2. The minimum absolute atomic E-state index is 0.0245. The minimum Gasteiger partial charge on any atom is -0.494 e. The van der Waals surface area contributed by atoms with Crippen LogP contribution in [0.4, 0.5) is 0 Å². The van der Waals surface area contributed by atoms with Crippen molar-refractivity contribution in [1.29, 1.82) is 0 Å². The Morgan fingerprint density at radius 3 is 2.58 bits per heavy atom. The molecule has 0 amide bonds. The van der Waals surface area contributed by atoms with E-state index in [0.717, 1.165) is 37.4 Å². The summed E-state index contributed by atoms with van der Waals surface area (Å²) >= 11 is 0. The Hall–Kier alpha value is -1.26. The molecule has 1 aromatic carbocycles. The average Bonchev–Trinajstić information content (AvgIpc) is 2.80. The third-order valence-electron chi connectivity index (χ3n) is 3.51. The molecule has 0 aromatic heterocycles. The van der Waals surface area contributed by atoms with E-state index in [4.69, 9.17) is 15.2 Å². The predicted molar refractivity (Wildman–Crippen MR) is 74.5 cm³/mol. The van der Waals surface area contributed by atoms with Crippen molar-refractivity contribution in [3.8, 4) is 11.5 Å². The number of aliphatic hydroxyl groups excluding tert-OH is 1. The van der Waals surface area contributed by atoms with Gasteiger partial charge in [-0.3, -0.25) is 0 Å². The van der Waals surface area contributed by atoms with Gasteiger partial charge in [0, 0.05) is 12.0 Å². The number of benzene rings is 1. The van der Waals surface area contributed by atoms with E-state index in [1.165, 1.54) is 0 Å². The molecule has 4 heteroatoms. The lowest BCUT2D eigenvalue weighted by Gasteiger charge is -2.21. The first-order valence-electron chi connectivity index (χ1n) is 6.94. The molecule has 1 saturated carbocycles. The van der Waals surface area contributed by atoms with Gasteiger partial charge in [-0.2, -0.15) is 0 Å². The Morgan fingerprint density at radius 2 is 2.00 bits per heavy atom. The molecular formula is C15H23NO3. The molecular weight excluding hydrogens is 242 g/mol. The first kappa shape index (κ1) is 14.2. The third kappa shape index (κ3) is 3.85. The molecule has 1 aromatic rings. The van der Waals surface area contributed by atoms with Gasteiger partial charge in [0.25, 0.3) is 0 Å². The summed E-state index contributed by atoms with van der Waals surface area (Å²) in [6, 6.07) is 7.67. The highest BCUT2D eigenvalue weighted by molar-refractivity contribution is 5.31. The zero-order valence-corrected chi connectivity index (χ0v) is 11.5. The molecule has 3 N–H and O–H groups in total. The van der Waals surface area contributed by atoms with Crippen LogP contribution in [-0.4, -0.2) is 30.0 Å². The Labute approximate surface area is 114 Å². The van der Waals surface area contributed by atoms with Crippen LogP contribution in [0.2, 0.25) is 0 Å². The predicted octanol–water partition coefficient (Wildman–Crippen LogP) is 2.10. The molecule has 0 saturated heterocycles. The van der Waals surface area contributed by atoms with E-state index in [9.17, 15) is 5.11 Å². The zero-order chi connectivity index (χ0) is 13.7. The van der Waals surface area contributed by atoms with Crippen molar-refractivity contribution in [3.05, 3.63) is 24.3 Å². The third-order valence-corrected chi connectivity index (χ3v) is 3.51. The molecule has 2 rings (SSSR count). The summed E-state index contributed by atoms with van der Waals surface area (Å²) in [4.78, 5) is 0. The van der Waals surface area contributed by atoms with E-state index in [1.54, 1.807) is 0 Å². The van der Waals surface area contributed by atoms with Gasteiger partial charge < -0.3 is 20.3 Å². The largest absolute Gasteiger partial charge is 0.494 e. The zero-order valence-electron chi connectivity index (χ0n) is 11.5. The molecule has 106 valence electrons. The second-order valence-electron chi connectivity index (χ2n) is 5.32. The van der Waals surface area contributed by atoms with Gasteiger partial charge in [-0.25, -0.2) is 0 Å². The van der Waals surface area contributed by atoms with Gasteiger partial charge in [0.1, 0.15) is 17.6 Å². The molecule has 19 heavy (non-hydrogen) atoms. The number of nitrogens with two attached hydrogens (primary N) is 1. The second-order valence-corrected chi connectivity index (χ2v) is 5.32. The van der Waals surface area contributed by atoms with Crippen molar-refractivity contribution in [2.45, 2.75) is 44.2 Å². The van der Waals surface area contributed by atoms with Crippen LogP contribution in [0, 0.1) is 0 Å². The molecule has 0 aliphatic heterocycles. The molecule has 1 fully saturated rings. The summed E-state index contributed by atoms with van der Waals surface area (Å²) < 4.78 is 11.4. The van der Waals surface area contributed by atoms with E-state index >= 15 is 0 Å². The van der Waals surface area contributed by atoms with Crippen LogP contribution in [0.5, 0.6) is 11.5 Å². The van der Waals surface area contributed by atoms with Crippen molar-refractivity contribution in [3.63, 3.8) is 0 Å². The van der Waals surface area contributed by atoms with Crippen molar-refractivity contribution in [2.24, 2.45) is 5.73 Å². The lowest BCUT2D eigenvalue weighted by atomic mass is 10.0. The van der Waals surface area contributed by atoms with Gasteiger partial charge in [-0.1, -0.05) is 6.92 Å². The van der Waals surface area contributed by atoms with Gasteiger partial charge in [-0.05, 0) is 43.5 Å². The lowest BCUT2D eigenvalue weighted by molar-refractivity contribution is 0.165. The summed E-state index contributed by atoms with van der Waals surface area (Å²) in [5.74, 6) is 1.69. The van der Waals surface area contributed by atoms with E-state index in [2.05, 4.69) is 6.92 Å². The van der Waals surface area contributed by atoms with Gasteiger partial charge in [0.15, 0.2) is 0 Å². The van der Waals surface area contributed by atoms with Crippen LogP contribution in [0.25, 0.3) is 0 Å². The minimum atomic E-state index is -0.463. The highest BCUT2D eigenvalue weighted by atomic mass is 16.5. The first-order valence-corrected chi connectivity index (χ1v) is 6.94. The van der Waals surface area contributed by atoms with Crippen LogP contribution >= 0.6 is 0 Å². The monoisotopic (exact) mass is 265 g/mol. The number of rotatable bonds is 6. The molecule has 1 aliphatic carbocycles. The van der Waals surface area contributed by atoms with Crippen LogP contribution in [0.1, 0.15) is 32.6 Å². The van der Waals surface area contributed by atoms with Crippen LogP contribution in [-0.2, 0) is 0 Å². The standard InChI is InChI=1S/C15H23NO3/c1-2-9-18-12-3-5-13(6-4-12)19-14-7-8-15(16,10-14)11-17/h3-6,14,17H,2,7-11,16H2,1H3. The Morgan fingerprint density at radius 1 is 1.32 bits per heavy atom. The molecule has 1 aliphatic rings. The SMILES string of the molecule is CCCOc1ccc(OC2CCC(N)(CO)C2)cc1. The Bertz CT molecular complexity index is 393. The average molecular weight is 265 g/mol. The molecule has 2 atom stereocenters. The fourth-order valence-corrected chi connectivity index (χ4v) is 2.38. The fraction of sp³-hybridized carbons (Fsp3) is 0.600. The molecule has 2 unspecified atom stereocenters. The highest BCUT2D eigenvalue weighted by Gasteiger charge is 2.36. The number of aliphatic hydroxyl groups is 1. The van der Waals surface area contributed by atoms with E-state index in [-0.39, 0.29) is 12.7 Å². The van der Waals surface area contributed by atoms with Gasteiger partial charge in [0.2, 0.25) is 0 Å². The van der Waals surface area contributed by atoms with E-state index in [0.29, 0.717) is 6.42 Å².